The molecular weight excluding hydrogens is 485 g/mol. The van der Waals surface area contributed by atoms with E-state index >= 15 is 0 Å². The van der Waals surface area contributed by atoms with Crippen LogP contribution in [0.2, 0.25) is 0 Å². The smallest absolute Gasteiger partial charge is 0.254 e. The Bertz CT molecular complexity index is 1130. The van der Waals surface area contributed by atoms with E-state index in [9.17, 15) is 14.0 Å². The fourth-order valence-electron chi connectivity index (χ4n) is 2.72. The second-order valence-corrected chi connectivity index (χ2v) is 8.67. The molecule has 3 aromatic rings. The number of halogens is 2. The Labute approximate surface area is 192 Å². The van der Waals surface area contributed by atoms with Crippen molar-refractivity contribution in [3.8, 4) is 0 Å². The zero-order valence-corrected chi connectivity index (χ0v) is 19.6. The highest BCUT2D eigenvalue weighted by Crippen LogP contribution is 2.26. The van der Waals surface area contributed by atoms with Crippen LogP contribution in [0.15, 0.2) is 46.0 Å². The Kier molecular flexibility index (Phi) is 7.45. The minimum Gasteiger partial charge on any atom is -0.345 e. The van der Waals surface area contributed by atoms with Crippen LogP contribution in [0.4, 0.5) is 10.1 Å². The molecule has 3 rings (SSSR count). The third-order valence-electron chi connectivity index (χ3n) is 4.64. The molecule has 0 saturated carbocycles. The van der Waals surface area contributed by atoms with Gasteiger partial charge in [-0.05, 0) is 65.2 Å². The van der Waals surface area contributed by atoms with E-state index in [2.05, 4.69) is 36.8 Å². The van der Waals surface area contributed by atoms with Gasteiger partial charge in [0.1, 0.15) is 5.82 Å². The lowest BCUT2D eigenvalue weighted by molar-refractivity contribution is -0.113. The van der Waals surface area contributed by atoms with Crippen molar-refractivity contribution < 1.29 is 14.0 Å². The molecule has 2 N–H and O–H groups in total. The highest BCUT2D eigenvalue weighted by Gasteiger charge is 2.15. The number of aromatic nitrogens is 3. The predicted molar refractivity (Wildman–Crippen MR) is 122 cm³/mol. The lowest BCUT2D eigenvalue weighted by Crippen LogP contribution is -2.25. The van der Waals surface area contributed by atoms with Gasteiger partial charge in [-0.15, -0.1) is 10.2 Å². The van der Waals surface area contributed by atoms with Crippen LogP contribution in [0.25, 0.3) is 0 Å². The third kappa shape index (κ3) is 5.71. The van der Waals surface area contributed by atoms with Crippen molar-refractivity contribution in [2.24, 2.45) is 7.05 Å². The number of rotatable bonds is 7. The Morgan fingerprint density at radius 1 is 1.16 bits per heavy atom. The molecule has 1 aromatic heterocycles. The second kappa shape index (κ2) is 10.1. The molecule has 0 saturated heterocycles. The zero-order chi connectivity index (χ0) is 22.5. The molecule has 162 valence electrons. The van der Waals surface area contributed by atoms with E-state index in [1.54, 1.807) is 17.7 Å². The lowest BCUT2D eigenvalue weighted by atomic mass is 10.1. The van der Waals surface area contributed by atoms with Crippen molar-refractivity contribution in [2.75, 3.05) is 11.1 Å². The largest absolute Gasteiger partial charge is 0.345 e. The summed E-state index contributed by atoms with van der Waals surface area (Å²) >= 11 is 4.70. The van der Waals surface area contributed by atoms with E-state index in [1.807, 2.05) is 26.0 Å². The third-order valence-corrected chi connectivity index (χ3v) is 6.32. The predicted octanol–water partition coefficient (Wildman–Crippen LogP) is 3.99. The molecule has 0 atom stereocenters. The number of aryl methyl sites for hydroxylation is 2. The van der Waals surface area contributed by atoms with Crippen LogP contribution < -0.4 is 10.6 Å². The topological polar surface area (TPSA) is 88.9 Å². The van der Waals surface area contributed by atoms with Gasteiger partial charge in [0.05, 0.1) is 23.5 Å². The normalized spacial score (nSPS) is 10.7. The standard InChI is InChI=1S/C21H21BrFN5O2S/c1-12-8-15(22)17(9-13(12)2)25-19(29)11-31-21-27-26-18(28(21)3)10-24-20(30)14-6-4-5-7-16(14)23/h4-9H,10-11H2,1-3H3,(H,24,30)(H,25,29). The summed E-state index contributed by atoms with van der Waals surface area (Å²) in [6, 6.07) is 9.63. The molecule has 10 heteroatoms. The van der Waals surface area contributed by atoms with E-state index in [0.717, 1.165) is 15.6 Å². The summed E-state index contributed by atoms with van der Waals surface area (Å²) in [5.74, 6) is -0.660. The first-order valence-electron chi connectivity index (χ1n) is 9.36. The average molecular weight is 506 g/mol. The van der Waals surface area contributed by atoms with E-state index in [1.165, 1.54) is 30.0 Å². The molecule has 1 heterocycles. The van der Waals surface area contributed by atoms with Gasteiger partial charge in [-0.25, -0.2) is 4.39 Å². The maximum Gasteiger partial charge on any atom is 0.254 e. The molecule has 0 bridgehead atoms. The van der Waals surface area contributed by atoms with Gasteiger partial charge in [-0.3, -0.25) is 9.59 Å². The Morgan fingerprint density at radius 3 is 2.61 bits per heavy atom. The van der Waals surface area contributed by atoms with Gasteiger partial charge in [0.15, 0.2) is 11.0 Å². The Hall–Kier alpha value is -2.72. The van der Waals surface area contributed by atoms with Gasteiger partial charge in [-0.1, -0.05) is 23.9 Å². The van der Waals surface area contributed by atoms with Crippen molar-refractivity contribution in [2.45, 2.75) is 25.5 Å². The Balaban J connectivity index is 1.55. The molecule has 0 fully saturated rings. The van der Waals surface area contributed by atoms with Crippen molar-refractivity contribution in [3.63, 3.8) is 0 Å². The molecular formula is C21H21BrFN5O2S. The fraction of sp³-hybridized carbons (Fsp3) is 0.238. The number of carbonyl (C=O) groups is 2. The van der Waals surface area contributed by atoms with Crippen LogP contribution in [0.1, 0.15) is 27.3 Å². The number of amides is 2. The number of anilines is 1. The van der Waals surface area contributed by atoms with Gasteiger partial charge in [0, 0.05) is 11.5 Å². The molecule has 2 aromatic carbocycles. The van der Waals surface area contributed by atoms with Crippen LogP contribution in [0.3, 0.4) is 0 Å². The van der Waals surface area contributed by atoms with Gasteiger partial charge in [0.25, 0.3) is 5.91 Å². The maximum absolute atomic E-state index is 13.7. The molecule has 7 nitrogen and oxygen atoms in total. The van der Waals surface area contributed by atoms with E-state index in [-0.39, 0.29) is 23.8 Å². The van der Waals surface area contributed by atoms with Crippen molar-refractivity contribution in [1.82, 2.24) is 20.1 Å². The van der Waals surface area contributed by atoms with Crippen LogP contribution in [0.5, 0.6) is 0 Å². The average Bonchev–Trinajstić information content (AvgIpc) is 3.08. The summed E-state index contributed by atoms with van der Waals surface area (Å²) in [6.45, 7) is 4.07. The van der Waals surface area contributed by atoms with Gasteiger partial charge < -0.3 is 15.2 Å². The molecule has 0 unspecified atom stereocenters. The monoisotopic (exact) mass is 505 g/mol. The number of hydrogen-bond acceptors (Lipinski definition) is 5. The summed E-state index contributed by atoms with van der Waals surface area (Å²) in [6.07, 6.45) is 0. The number of nitrogens with one attached hydrogen (secondary N) is 2. The first-order valence-corrected chi connectivity index (χ1v) is 11.1. The number of nitrogens with zero attached hydrogens (tertiary/aromatic N) is 3. The second-order valence-electron chi connectivity index (χ2n) is 6.87. The quantitative estimate of drug-likeness (QED) is 0.473. The van der Waals surface area contributed by atoms with Gasteiger partial charge >= 0.3 is 0 Å². The summed E-state index contributed by atoms with van der Waals surface area (Å²) < 4.78 is 16.2. The van der Waals surface area contributed by atoms with Crippen LogP contribution in [-0.2, 0) is 18.4 Å². The van der Waals surface area contributed by atoms with Crippen molar-refractivity contribution in [3.05, 3.63) is 69.2 Å². The molecule has 0 spiro atoms. The minimum absolute atomic E-state index is 0.0339. The zero-order valence-electron chi connectivity index (χ0n) is 17.2. The van der Waals surface area contributed by atoms with Crippen molar-refractivity contribution in [1.29, 1.82) is 0 Å². The SMILES string of the molecule is Cc1cc(Br)c(NC(=O)CSc2nnc(CNC(=O)c3ccccc3F)n2C)cc1C. The summed E-state index contributed by atoms with van der Waals surface area (Å²) in [4.78, 5) is 24.5. The molecule has 0 aliphatic carbocycles. The summed E-state index contributed by atoms with van der Waals surface area (Å²) in [7, 11) is 1.74. The number of thioether (sulfide) groups is 1. The number of carbonyl (C=O) groups excluding carboxylic acids is 2. The van der Waals surface area contributed by atoms with Crippen LogP contribution in [-0.4, -0.2) is 32.3 Å². The molecule has 0 aliphatic heterocycles. The van der Waals surface area contributed by atoms with E-state index in [4.69, 9.17) is 0 Å². The molecule has 0 aliphatic rings. The van der Waals surface area contributed by atoms with Crippen LogP contribution >= 0.6 is 27.7 Å². The van der Waals surface area contributed by atoms with E-state index < -0.39 is 11.7 Å². The lowest BCUT2D eigenvalue weighted by Gasteiger charge is -2.10. The Morgan fingerprint density at radius 2 is 1.87 bits per heavy atom. The highest BCUT2D eigenvalue weighted by molar-refractivity contribution is 9.10. The molecule has 0 radical (unpaired) electrons. The number of hydrogen-bond donors (Lipinski definition) is 2. The maximum atomic E-state index is 13.7. The fourth-order valence-corrected chi connectivity index (χ4v) is 4.00. The highest BCUT2D eigenvalue weighted by atomic mass is 79.9. The summed E-state index contributed by atoms with van der Waals surface area (Å²) in [5, 5.41) is 14.2. The van der Waals surface area contributed by atoms with Gasteiger partial charge in [0.2, 0.25) is 5.91 Å². The summed E-state index contributed by atoms with van der Waals surface area (Å²) in [5.41, 5.74) is 2.89. The van der Waals surface area contributed by atoms with Crippen molar-refractivity contribution >= 4 is 45.2 Å². The first kappa shape index (κ1) is 23.0. The molecule has 2 amide bonds. The van der Waals surface area contributed by atoms with Crippen LogP contribution in [0, 0.1) is 19.7 Å². The van der Waals surface area contributed by atoms with Gasteiger partial charge in [-0.2, -0.15) is 0 Å². The minimum atomic E-state index is -0.587. The first-order chi connectivity index (χ1) is 14.8. The van der Waals surface area contributed by atoms with E-state index in [0.29, 0.717) is 16.7 Å². The molecule has 31 heavy (non-hydrogen) atoms. The number of benzene rings is 2.